The Morgan fingerprint density at radius 2 is 1.94 bits per heavy atom. The summed E-state index contributed by atoms with van der Waals surface area (Å²) in [6.45, 7) is 0. The van der Waals surface area contributed by atoms with Gasteiger partial charge in [-0.05, 0) is 30.5 Å². The lowest BCUT2D eigenvalue weighted by Gasteiger charge is -2.13. The molecule has 0 saturated carbocycles. The molecule has 100 valence electrons. The van der Waals surface area contributed by atoms with Crippen molar-refractivity contribution in [1.29, 1.82) is 0 Å². The molecule has 0 saturated heterocycles. The van der Waals surface area contributed by atoms with Gasteiger partial charge >= 0.3 is 5.97 Å². The van der Waals surface area contributed by atoms with E-state index >= 15 is 0 Å². The van der Waals surface area contributed by atoms with Crippen LogP contribution in [0.15, 0.2) is 18.2 Å². The average Bonchev–Trinajstić information content (AvgIpc) is 2.28. The highest BCUT2D eigenvalue weighted by Crippen LogP contribution is 2.24. The number of aliphatic hydroxyl groups is 1. The quantitative estimate of drug-likeness (QED) is 0.828. The molecule has 0 radical (unpaired) electrons. The van der Waals surface area contributed by atoms with E-state index < -0.39 is 24.3 Å². The van der Waals surface area contributed by atoms with Gasteiger partial charge in [-0.25, -0.2) is 18.0 Å². The van der Waals surface area contributed by atoms with Crippen LogP contribution < -0.4 is 0 Å². The Morgan fingerprint density at radius 1 is 1.28 bits per heavy atom. The van der Waals surface area contributed by atoms with Gasteiger partial charge in [0.25, 0.3) is 0 Å². The molecule has 1 unspecified atom stereocenters. The molecule has 1 aromatic carbocycles. The van der Waals surface area contributed by atoms with Gasteiger partial charge in [0.2, 0.25) is 6.43 Å². The largest absolute Gasteiger partial charge is 0.478 e. The fourth-order valence-electron chi connectivity index (χ4n) is 1.63. The SMILES string of the molecule is O=C(O)c1cc(F)ccc1C(O)CCCC(F)F. The molecule has 0 spiro atoms. The Balaban J connectivity index is 2.78. The molecule has 1 aromatic rings. The number of carbonyl (C=O) groups is 1. The van der Waals surface area contributed by atoms with E-state index in [1.54, 1.807) is 0 Å². The molecule has 0 bridgehead atoms. The maximum atomic E-state index is 12.9. The number of hydrogen-bond acceptors (Lipinski definition) is 2. The van der Waals surface area contributed by atoms with Crippen molar-refractivity contribution in [3.05, 3.63) is 35.1 Å². The van der Waals surface area contributed by atoms with E-state index in [-0.39, 0.29) is 30.4 Å². The molecule has 0 aliphatic carbocycles. The number of halogens is 3. The number of aromatic carboxylic acids is 1. The standard InChI is InChI=1S/C12H13F3O3/c13-7-4-5-8(9(6-7)12(17)18)10(16)2-1-3-11(14)15/h4-6,10-11,16H,1-3H2,(H,17,18). The van der Waals surface area contributed by atoms with E-state index in [9.17, 15) is 23.1 Å². The van der Waals surface area contributed by atoms with E-state index in [0.29, 0.717) is 0 Å². The van der Waals surface area contributed by atoms with Crippen molar-refractivity contribution in [1.82, 2.24) is 0 Å². The van der Waals surface area contributed by atoms with E-state index in [4.69, 9.17) is 5.11 Å². The molecule has 0 aromatic heterocycles. The first kappa shape index (κ1) is 14.5. The van der Waals surface area contributed by atoms with Crippen LogP contribution in [0.1, 0.15) is 41.3 Å². The number of carboxylic acids is 1. The second kappa shape index (κ2) is 6.39. The number of benzene rings is 1. The topological polar surface area (TPSA) is 57.5 Å². The maximum absolute atomic E-state index is 12.9. The number of alkyl halides is 2. The van der Waals surface area contributed by atoms with Crippen LogP contribution in [0.4, 0.5) is 13.2 Å². The fourth-order valence-corrected chi connectivity index (χ4v) is 1.63. The first-order valence-electron chi connectivity index (χ1n) is 5.40. The van der Waals surface area contributed by atoms with Gasteiger partial charge in [0, 0.05) is 6.42 Å². The van der Waals surface area contributed by atoms with Crippen LogP contribution in [0, 0.1) is 5.82 Å². The molecule has 0 fully saturated rings. The summed E-state index contributed by atoms with van der Waals surface area (Å²) in [5.74, 6) is -2.09. The van der Waals surface area contributed by atoms with E-state index in [2.05, 4.69) is 0 Å². The van der Waals surface area contributed by atoms with Gasteiger partial charge in [-0.3, -0.25) is 0 Å². The third-order valence-corrected chi connectivity index (χ3v) is 2.50. The van der Waals surface area contributed by atoms with Crippen molar-refractivity contribution < 1.29 is 28.2 Å². The Hall–Kier alpha value is -1.56. The lowest BCUT2D eigenvalue weighted by molar-refractivity contribution is 0.0685. The summed E-state index contributed by atoms with van der Waals surface area (Å²) in [6, 6.07) is 2.98. The van der Waals surface area contributed by atoms with Crippen LogP contribution in [-0.4, -0.2) is 22.6 Å². The van der Waals surface area contributed by atoms with Crippen molar-refractivity contribution in [2.24, 2.45) is 0 Å². The molecule has 6 heteroatoms. The number of hydrogen-bond donors (Lipinski definition) is 2. The monoisotopic (exact) mass is 262 g/mol. The lowest BCUT2D eigenvalue weighted by atomic mass is 9.98. The van der Waals surface area contributed by atoms with Crippen LogP contribution >= 0.6 is 0 Å². The molecule has 0 heterocycles. The van der Waals surface area contributed by atoms with Crippen LogP contribution in [0.25, 0.3) is 0 Å². The average molecular weight is 262 g/mol. The zero-order valence-corrected chi connectivity index (χ0v) is 9.44. The van der Waals surface area contributed by atoms with Crippen LogP contribution in [0.3, 0.4) is 0 Å². The van der Waals surface area contributed by atoms with E-state index in [1.807, 2.05) is 0 Å². The third-order valence-electron chi connectivity index (χ3n) is 2.50. The molecule has 0 aliphatic heterocycles. The Labute approximate surface area is 102 Å². The molecular formula is C12H13F3O3. The van der Waals surface area contributed by atoms with Crippen molar-refractivity contribution in [3.8, 4) is 0 Å². The molecule has 1 atom stereocenters. The van der Waals surface area contributed by atoms with Crippen LogP contribution in [0.5, 0.6) is 0 Å². The summed E-state index contributed by atoms with van der Waals surface area (Å²) in [6.07, 6.45) is -3.92. The predicted molar refractivity (Wildman–Crippen MR) is 58.2 cm³/mol. The Morgan fingerprint density at radius 3 is 2.50 bits per heavy atom. The summed E-state index contributed by atoms with van der Waals surface area (Å²) in [5, 5.41) is 18.6. The van der Waals surface area contributed by atoms with Gasteiger partial charge in [0.1, 0.15) is 5.82 Å². The normalized spacial score (nSPS) is 12.7. The minimum absolute atomic E-state index is 0.0102. The second-order valence-corrected chi connectivity index (χ2v) is 3.87. The molecule has 3 nitrogen and oxygen atoms in total. The molecule has 0 amide bonds. The summed E-state index contributed by atoms with van der Waals surface area (Å²) >= 11 is 0. The summed E-state index contributed by atoms with van der Waals surface area (Å²) in [7, 11) is 0. The summed E-state index contributed by atoms with van der Waals surface area (Å²) in [5.41, 5.74) is -0.308. The minimum Gasteiger partial charge on any atom is -0.478 e. The van der Waals surface area contributed by atoms with Gasteiger partial charge in [-0.1, -0.05) is 6.07 Å². The Kier molecular flexibility index (Phi) is 5.15. The van der Waals surface area contributed by atoms with Crippen LogP contribution in [-0.2, 0) is 0 Å². The predicted octanol–water partition coefficient (Wildman–Crippen LogP) is 2.99. The summed E-state index contributed by atoms with van der Waals surface area (Å²) in [4.78, 5) is 10.9. The molecule has 2 N–H and O–H groups in total. The van der Waals surface area contributed by atoms with Gasteiger partial charge < -0.3 is 10.2 Å². The van der Waals surface area contributed by atoms with E-state index in [1.165, 1.54) is 0 Å². The zero-order chi connectivity index (χ0) is 13.7. The lowest BCUT2D eigenvalue weighted by Crippen LogP contribution is -2.08. The molecule has 18 heavy (non-hydrogen) atoms. The maximum Gasteiger partial charge on any atom is 0.336 e. The first-order chi connectivity index (χ1) is 8.41. The zero-order valence-electron chi connectivity index (χ0n) is 9.44. The molecule has 1 rings (SSSR count). The van der Waals surface area contributed by atoms with Crippen molar-refractivity contribution in [2.45, 2.75) is 31.8 Å². The van der Waals surface area contributed by atoms with Gasteiger partial charge in [-0.2, -0.15) is 0 Å². The van der Waals surface area contributed by atoms with Gasteiger partial charge in [0.15, 0.2) is 0 Å². The number of rotatable bonds is 6. The Bertz CT molecular complexity index is 421. The van der Waals surface area contributed by atoms with Crippen molar-refractivity contribution >= 4 is 5.97 Å². The fraction of sp³-hybridized carbons (Fsp3) is 0.417. The molecular weight excluding hydrogens is 249 g/mol. The smallest absolute Gasteiger partial charge is 0.336 e. The van der Waals surface area contributed by atoms with E-state index in [0.717, 1.165) is 18.2 Å². The third kappa shape index (κ3) is 4.03. The van der Waals surface area contributed by atoms with Crippen molar-refractivity contribution in [2.75, 3.05) is 0 Å². The molecule has 0 aliphatic rings. The minimum atomic E-state index is -2.45. The van der Waals surface area contributed by atoms with Crippen molar-refractivity contribution in [3.63, 3.8) is 0 Å². The number of carboxylic acid groups (broad SMARTS) is 1. The first-order valence-corrected chi connectivity index (χ1v) is 5.40. The van der Waals surface area contributed by atoms with Crippen LogP contribution in [0.2, 0.25) is 0 Å². The van der Waals surface area contributed by atoms with Gasteiger partial charge in [-0.15, -0.1) is 0 Å². The highest BCUT2D eigenvalue weighted by atomic mass is 19.3. The van der Waals surface area contributed by atoms with Gasteiger partial charge in [0.05, 0.1) is 11.7 Å². The number of aliphatic hydroxyl groups excluding tert-OH is 1. The highest BCUT2D eigenvalue weighted by molar-refractivity contribution is 5.89. The second-order valence-electron chi connectivity index (χ2n) is 3.87. The summed E-state index contributed by atoms with van der Waals surface area (Å²) < 4.78 is 36.7. The highest BCUT2D eigenvalue weighted by Gasteiger charge is 2.18.